The Morgan fingerprint density at radius 3 is 2.32 bits per heavy atom. The Morgan fingerprint density at radius 2 is 1.71 bits per heavy atom. The molecule has 0 aliphatic heterocycles. The molecule has 0 heterocycles. The van der Waals surface area contributed by atoms with Crippen LogP contribution in [0, 0.1) is 45.3 Å². The van der Waals surface area contributed by atoms with Crippen molar-refractivity contribution < 1.29 is 20.1 Å². The fraction of sp³-hybridized carbons (Fsp3) is 0.900. The molecule has 34 heavy (non-hydrogen) atoms. The molecule has 0 aromatic carbocycles. The molecule has 9 atom stereocenters. The second-order valence-electron chi connectivity index (χ2n) is 14.4. The van der Waals surface area contributed by atoms with E-state index in [2.05, 4.69) is 47.6 Å². The average Bonchev–Trinajstić information content (AvgIpc) is 2.99. The number of carbonyl (C=O) groups excluding carboxylic acids is 1. The monoisotopic (exact) mass is 474 g/mol. The standard InChI is InChI=1S/C30H50O4/c1-18(9-13-24(32)27(4,5)34)19-15-16-28(6)22-12-10-20-21(11-14-23(31)26(20,2)3)30(22,8)25(33)17-29(19,28)7/h10,18-19,21-24,31-32,34H,9,11-17H2,1-8H3/t18-,19-,21+,22+,23+,24-,28+,29-,30+/m1/s1. The van der Waals surface area contributed by atoms with Crippen LogP contribution >= 0.6 is 0 Å². The quantitative estimate of drug-likeness (QED) is 0.448. The second kappa shape index (κ2) is 8.15. The zero-order chi connectivity index (χ0) is 25.5. The maximum absolute atomic E-state index is 14.2. The minimum absolute atomic E-state index is 0.0393. The predicted molar refractivity (Wildman–Crippen MR) is 136 cm³/mol. The highest BCUT2D eigenvalue weighted by atomic mass is 16.3. The zero-order valence-electron chi connectivity index (χ0n) is 22.9. The Morgan fingerprint density at radius 1 is 1.06 bits per heavy atom. The molecule has 4 rings (SSSR count). The summed E-state index contributed by atoms with van der Waals surface area (Å²) in [6.45, 7) is 17.1. The number of allylic oxidation sites excluding steroid dienone is 1. The van der Waals surface area contributed by atoms with Gasteiger partial charge in [-0.05, 0) is 93.3 Å². The molecule has 4 heteroatoms. The third kappa shape index (κ3) is 3.52. The summed E-state index contributed by atoms with van der Waals surface area (Å²) in [6, 6.07) is 0. The average molecular weight is 475 g/mol. The Balaban J connectivity index is 1.64. The van der Waals surface area contributed by atoms with Crippen LogP contribution in [0.1, 0.15) is 107 Å². The molecule has 0 aromatic rings. The van der Waals surface area contributed by atoms with Gasteiger partial charge in [0.15, 0.2) is 0 Å². The van der Waals surface area contributed by atoms with Gasteiger partial charge in [0.1, 0.15) is 5.78 Å². The van der Waals surface area contributed by atoms with E-state index in [1.165, 1.54) is 5.57 Å². The first-order valence-corrected chi connectivity index (χ1v) is 13.8. The lowest BCUT2D eigenvalue weighted by molar-refractivity contribution is -0.172. The molecular weight excluding hydrogens is 424 g/mol. The molecule has 0 saturated heterocycles. The van der Waals surface area contributed by atoms with Crippen molar-refractivity contribution in [3.8, 4) is 0 Å². The number of ketones is 1. The van der Waals surface area contributed by atoms with Gasteiger partial charge in [-0.2, -0.15) is 0 Å². The maximum Gasteiger partial charge on any atom is 0.140 e. The zero-order valence-corrected chi connectivity index (χ0v) is 22.9. The SMILES string of the molecule is C[C@H](CC[C@@H](O)C(C)(C)O)[C@H]1CC[C@@]2(C)[C@@H]3CC=C4[C@H](CC[C@H](O)C4(C)C)[C@]3(C)C(=O)C[C@]12C. The normalized spacial score (nSPS) is 45.6. The van der Waals surface area contributed by atoms with Crippen molar-refractivity contribution in [2.75, 3.05) is 0 Å². The summed E-state index contributed by atoms with van der Waals surface area (Å²) in [4.78, 5) is 14.2. The Bertz CT molecular complexity index is 852. The smallest absolute Gasteiger partial charge is 0.140 e. The van der Waals surface area contributed by atoms with Gasteiger partial charge in [0.25, 0.3) is 0 Å². The van der Waals surface area contributed by atoms with Crippen molar-refractivity contribution in [1.29, 1.82) is 0 Å². The van der Waals surface area contributed by atoms with E-state index in [9.17, 15) is 20.1 Å². The molecule has 0 bridgehead atoms. The number of hydrogen-bond donors (Lipinski definition) is 3. The van der Waals surface area contributed by atoms with Crippen LogP contribution in [0.2, 0.25) is 0 Å². The number of Topliss-reactive ketones (excluding diaryl/α,β-unsaturated/α-hetero) is 1. The van der Waals surface area contributed by atoms with E-state index in [1.54, 1.807) is 13.8 Å². The van der Waals surface area contributed by atoms with Gasteiger partial charge in [-0.15, -0.1) is 0 Å². The van der Waals surface area contributed by atoms with E-state index >= 15 is 0 Å². The van der Waals surface area contributed by atoms with Gasteiger partial charge in [-0.25, -0.2) is 0 Å². The lowest BCUT2D eigenvalue weighted by atomic mass is 9.38. The molecule has 3 N–H and O–H groups in total. The van der Waals surface area contributed by atoms with Crippen molar-refractivity contribution in [2.24, 2.45) is 45.3 Å². The molecule has 4 aliphatic rings. The van der Waals surface area contributed by atoms with Crippen LogP contribution in [-0.4, -0.2) is 38.9 Å². The van der Waals surface area contributed by atoms with Crippen molar-refractivity contribution in [3.05, 3.63) is 11.6 Å². The molecule has 0 unspecified atom stereocenters. The highest BCUT2D eigenvalue weighted by Crippen LogP contribution is 2.74. The summed E-state index contributed by atoms with van der Waals surface area (Å²) >= 11 is 0. The molecule has 0 aromatic heterocycles. The molecule has 4 nitrogen and oxygen atoms in total. The van der Waals surface area contributed by atoms with Crippen molar-refractivity contribution in [1.82, 2.24) is 0 Å². The highest BCUT2D eigenvalue weighted by Gasteiger charge is 2.70. The molecule has 0 radical (unpaired) electrons. The van der Waals surface area contributed by atoms with Gasteiger partial charge >= 0.3 is 0 Å². The molecule has 4 aliphatic carbocycles. The lowest BCUT2D eigenvalue weighted by Gasteiger charge is -2.64. The van der Waals surface area contributed by atoms with Gasteiger partial charge in [-0.1, -0.05) is 53.2 Å². The first-order valence-electron chi connectivity index (χ1n) is 13.8. The van der Waals surface area contributed by atoms with Crippen molar-refractivity contribution in [2.45, 2.75) is 125 Å². The Hall–Kier alpha value is -0.710. The van der Waals surface area contributed by atoms with Crippen LogP contribution in [0.25, 0.3) is 0 Å². The lowest BCUT2D eigenvalue weighted by Crippen LogP contribution is -2.63. The van der Waals surface area contributed by atoms with Gasteiger partial charge in [0, 0.05) is 17.3 Å². The topological polar surface area (TPSA) is 77.8 Å². The molecule has 3 fully saturated rings. The molecule has 194 valence electrons. The van der Waals surface area contributed by atoms with E-state index in [4.69, 9.17) is 0 Å². The van der Waals surface area contributed by atoms with Gasteiger partial charge in [-0.3, -0.25) is 4.79 Å². The number of fused-ring (bicyclic) bond motifs is 5. The van der Waals surface area contributed by atoms with Crippen molar-refractivity contribution in [3.63, 3.8) is 0 Å². The van der Waals surface area contributed by atoms with E-state index in [1.807, 2.05) is 0 Å². The summed E-state index contributed by atoms with van der Waals surface area (Å²) in [5.41, 5.74) is -0.287. The number of aliphatic hydroxyl groups excluding tert-OH is 2. The van der Waals surface area contributed by atoms with Crippen molar-refractivity contribution >= 4 is 5.78 Å². The van der Waals surface area contributed by atoms with E-state index < -0.39 is 11.7 Å². The minimum atomic E-state index is -1.08. The number of carbonyl (C=O) groups is 1. The van der Waals surface area contributed by atoms with Gasteiger partial charge < -0.3 is 15.3 Å². The van der Waals surface area contributed by atoms with Crippen LogP contribution < -0.4 is 0 Å². The van der Waals surface area contributed by atoms with Crippen LogP contribution in [0.4, 0.5) is 0 Å². The first-order chi connectivity index (χ1) is 15.5. The molecule has 0 spiro atoms. The largest absolute Gasteiger partial charge is 0.392 e. The second-order valence-corrected chi connectivity index (χ2v) is 14.4. The summed E-state index contributed by atoms with van der Waals surface area (Å²) < 4.78 is 0. The predicted octanol–water partition coefficient (Wildman–Crippen LogP) is 5.68. The van der Waals surface area contributed by atoms with Gasteiger partial charge in [0.2, 0.25) is 0 Å². The van der Waals surface area contributed by atoms with E-state index in [-0.39, 0.29) is 33.7 Å². The number of aliphatic hydroxyl groups is 3. The third-order valence-corrected chi connectivity index (χ3v) is 12.1. The Labute approximate surface area is 207 Å². The summed E-state index contributed by atoms with van der Waals surface area (Å²) in [5, 5.41) is 31.3. The van der Waals surface area contributed by atoms with E-state index in [0.29, 0.717) is 36.4 Å². The van der Waals surface area contributed by atoms with Crippen LogP contribution in [0.5, 0.6) is 0 Å². The highest BCUT2D eigenvalue weighted by molar-refractivity contribution is 5.88. The molecule has 3 saturated carbocycles. The minimum Gasteiger partial charge on any atom is -0.392 e. The Kier molecular flexibility index (Phi) is 6.32. The van der Waals surface area contributed by atoms with Crippen LogP contribution in [-0.2, 0) is 4.79 Å². The van der Waals surface area contributed by atoms with Crippen LogP contribution in [0.15, 0.2) is 11.6 Å². The molecule has 0 amide bonds. The number of rotatable bonds is 5. The van der Waals surface area contributed by atoms with Crippen LogP contribution in [0.3, 0.4) is 0 Å². The van der Waals surface area contributed by atoms with Gasteiger partial charge in [0.05, 0.1) is 17.8 Å². The summed E-state index contributed by atoms with van der Waals surface area (Å²) in [7, 11) is 0. The third-order valence-electron chi connectivity index (χ3n) is 12.1. The first kappa shape index (κ1) is 26.4. The summed E-state index contributed by atoms with van der Waals surface area (Å²) in [6.07, 6.45) is 8.40. The summed E-state index contributed by atoms with van der Waals surface area (Å²) in [5.74, 6) is 1.88. The molecular formula is C30H50O4. The fourth-order valence-electron chi connectivity index (χ4n) is 9.35. The fourth-order valence-corrected chi connectivity index (χ4v) is 9.35. The maximum atomic E-state index is 14.2. The number of hydrogen-bond acceptors (Lipinski definition) is 4. The van der Waals surface area contributed by atoms with E-state index in [0.717, 1.165) is 38.5 Å².